The average Bonchev–Trinajstić information content (AvgIpc) is 2.08. The minimum absolute atomic E-state index is 0. The smallest absolute Gasteiger partial charge is 0.0507 e. The van der Waals surface area contributed by atoms with E-state index in [0.29, 0.717) is 5.92 Å². The second kappa shape index (κ2) is 5.71. The summed E-state index contributed by atoms with van der Waals surface area (Å²) in [6, 6.07) is 4.06. The van der Waals surface area contributed by atoms with E-state index in [1.54, 1.807) is 0 Å². The van der Waals surface area contributed by atoms with Crippen molar-refractivity contribution in [3.8, 4) is 0 Å². The third-order valence-corrected chi connectivity index (χ3v) is 4.26. The SMILES string of the molecule is Cl.Nc1c(Br)cc(Br)cc1[C@@H](N)C1CCC1. The molecule has 4 N–H and O–H groups in total. The third-order valence-electron chi connectivity index (χ3n) is 3.14. The number of anilines is 1. The first-order valence-electron chi connectivity index (χ1n) is 5.09. The largest absolute Gasteiger partial charge is 0.398 e. The van der Waals surface area contributed by atoms with Gasteiger partial charge < -0.3 is 11.5 Å². The Bertz CT molecular complexity index is 380. The zero-order chi connectivity index (χ0) is 11.0. The predicted molar refractivity (Wildman–Crippen MR) is 77.8 cm³/mol. The monoisotopic (exact) mass is 368 g/mol. The van der Waals surface area contributed by atoms with Crippen molar-refractivity contribution in [2.45, 2.75) is 25.3 Å². The van der Waals surface area contributed by atoms with Gasteiger partial charge in [-0.3, -0.25) is 0 Å². The number of benzene rings is 1. The molecule has 1 aliphatic rings. The van der Waals surface area contributed by atoms with Crippen LogP contribution in [0.3, 0.4) is 0 Å². The maximum Gasteiger partial charge on any atom is 0.0507 e. The lowest BCUT2D eigenvalue weighted by molar-refractivity contribution is 0.265. The van der Waals surface area contributed by atoms with Crippen LogP contribution in [0.4, 0.5) is 5.69 Å². The molecular formula is C11H15Br2ClN2. The van der Waals surface area contributed by atoms with Crippen LogP contribution in [0.2, 0.25) is 0 Å². The Kier molecular flexibility index (Phi) is 5.10. The summed E-state index contributed by atoms with van der Waals surface area (Å²) in [6.45, 7) is 0. The summed E-state index contributed by atoms with van der Waals surface area (Å²) in [5.41, 5.74) is 14.1. The van der Waals surface area contributed by atoms with Gasteiger partial charge in [0.1, 0.15) is 0 Å². The molecule has 90 valence electrons. The summed E-state index contributed by atoms with van der Waals surface area (Å²) >= 11 is 6.91. The molecule has 0 radical (unpaired) electrons. The fourth-order valence-electron chi connectivity index (χ4n) is 1.93. The van der Waals surface area contributed by atoms with E-state index < -0.39 is 0 Å². The van der Waals surface area contributed by atoms with E-state index in [-0.39, 0.29) is 18.4 Å². The summed E-state index contributed by atoms with van der Waals surface area (Å²) < 4.78 is 1.94. The topological polar surface area (TPSA) is 52.0 Å². The molecular weight excluding hydrogens is 355 g/mol. The van der Waals surface area contributed by atoms with Gasteiger partial charge in [-0.25, -0.2) is 0 Å². The highest BCUT2D eigenvalue weighted by atomic mass is 79.9. The molecule has 1 aromatic carbocycles. The van der Waals surface area contributed by atoms with E-state index in [0.717, 1.165) is 20.2 Å². The first kappa shape index (κ1) is 14.3. The molecule has 5 heteroatoms. The lowest BCUT2D eigenvalue weighted by Crippen LogP contribution is -2.27. The molecule has 1 saturated carbocycles. The molecule has 0 bridgehead atoms. The molecule has 1 atom stereocenters. The molecule has 2 nitrogen and oxygen atoms in total. The number of nitrogen functional groups attached to an aromatic ring is 1. The Hall–Kier alpha value is 0.230. The highest BCUT2D eigenvalue weighted by Gasteiger charge is 2.27. The highest BCUT2D eigenvalue weighted by molar-refractivity contribution is 9.11. The van der Waals surface area contributed by atoms with Crippen LogP contribution in [0.15, 0.2) is 21.1 Å². The van der Waals surface area contributed by atoms with E-state index >= 15 is 0 Å². The molecule has 2 rings (SSSR count). The number of hydrogen-bond donors (Lipinski definition) is 2. The minimum atomic E-state index is 0. The molecule has 0 aromatic heterocycles. The van der Waals surface area contributed by atoms with Gasteiger partial charge in [0.25, 0.3) is 0 Å². The van der Waals surface area contributed by atoms with Crippen molar-refractivity contribution in [3.63, 3.8) is 0 Å². The summed E-state index contributed by atoms with van der Waals surface area (Å²) in [7, 11) is 0. The van der Waals surface area contributed by atoms with Crippen molar-refractivity contribution in [1.82, 2.24) is 0 Å². The molecule has 0 aliphatic heterocycles. The maximum atomic E-state index is 6.22. The van der Waals surface area contributed by atoms with Crippen LogP contribution in [-0.4, -0.2) is 0 Å². The standard InChI is InChI=1S/C11H14Br2N2.ClH/c12-7-4-8(11(15)9(13)5-7)10(14)6-2-1-3-6;/h4-6,10H,1-3,14-15H2;1H/t10-;/m0./s1. The van der Waals surface area contributed by atoms with Crippen molar-refractivity contribution in [2.75, 3.05) is 5.73 Å². The fourth-order valence-corrected chi connectivity index (χ4v) is 3.19. The van der Waals surface area contributed by atoms with Gasteiger partial charge in [0.15, 0.2) is 0 Å². The molecule has 0 saturated heterocycles. The van der Waals surface area contributed by atoms with E-state index in [1.165, 1.54) is 19.3 Å². The summed E-state index contributed by atoms with van der Waals surface area (Å²) in [4.78, 5) is 0. The molecule has 0 spiro atoms. The van der Waals surface area contributed by atoms with Gasteiger partial charge in [-0.2, -0.15) is 0 Å². The second-order valence-electron chi connectivity index (χ2n) is 4.11. The highest BCUT2D eigenvalue weighted by Crippen LogP contribution is 2.40. The van der Waals surface area contributed by atoms with Gasteiger partial charge in [-0.05, 0) is 52.4 Å². The summed E-state index contributed by atoms with van der Waals surface area (Å²) in [5.74, 6) is 0.605. The zero-order valence-corrected chi connectivity index (χ0v) is 12.7. The molecule has 1 fully saturated rings. The van der Waals surface area contributed by atoms with E-state index in [1.807, 2.05) is 12.1 Å². The van der Waals surface area contributed by atoms with Crippen molar-refractivity contribution in [3.05, 3.63) is 26.6 Å². The molecule has 16 heavy (non-hydrogen) atoms. The van der Waals surface area contributed by atoms with Crippen molar-refractivity contribution in [1.29, 1.82) is 0 Å². The van der Waals surface area contributed by atoms with Crippen LogP contribution in [0, 0.1) is 5.92 Å². The number of rotatable bonds is 2. The van der Waals surface area contributed by atoms with E-state index in [2.05, 4.69) is 31.9 Å². The van der Waals surface area contributed by atoms with Crippen LogP contribution in [0.5, 0.6) is 0 Å². The van der Waals surface area contributed by atoms with Gasteiger partial charge in [-0.15, -0.1) is 12.4 Å². The van der Waals surface area contributed by atoms with Crippen molar-refractivity contribution < 1.29 is 0 Å². The molecule has 0 amide bonds. The molecule has 1 aliphatic carbocycles. The van der Waals surface area contributed by atoms with Crippen LogP contribution in [-0.2, 0) is 0 Å². The van der Waals surface area contributed by atoms with Gasteiger partial charge in [0.2, 0.25) is 0 Å². The first-order valence-corrected chi connectivity index (χ1v) is 6.68. The quantitative estimate of drug-likeness (QED) is 0.773. The van der Waals surface area contributed by atoms with Crippen LogP contribution < -0.4 is 11.5 Å². The summed E-state index contributed by atoms with van der Waals surface area (Å²) in [6.07, 6.45) is 3.75. The Morgan fingerprint density at radius 1 is 1.25 bits per heavy atom. The van der Waals surface area contributed by atoms with E-state index in [4.69, 9.17) is 11.5 Å². The van der Waals surface area contributed by atoms with Crippen LogP contribution >= 0.6 is 44.3 Å². The lowest BCUT2D eigenvalue weighted by atomic mass is 9.77. The normalized spacial score (nSPS) is 17.4. The van der Waals surface area contributed by atoms with Crippen LogP contribution in [0.25, 0.3) is 0 Å². The Morgan fingerprint density at radius 3 is 2.38 bits per heavy atom. The fraction of sp³-hybridized carbons (Fsp3) is 0.455. The minimum Gasteiger partial charge on any atom is -0.398 e. The Balaban J connectivity index is 0.00000128. The third kappa shape index (κ3) is 2.73. The number of halogens is 3. The van der Waals surface area contributed by atoms with Gasteiger partial charge in [-0.1, -0.05) is 22.4 Å². The number of hydrogen-bond acceptors (Lipinski definition) is 2. The second-order valence-corrected chi connectivity index (χ2v) is 5.88. The zero-order valence-electron chi connectivity index (χ0n) is 8.75. The predicted octanol–water partition coefficient (Wildman–Crippen LogP) is 4.02. The lowest BCUT2D eigenvalue weighted by Gasteiger charge is -2.32. The Labute approximate surface area is 119 Å². The van der Waals surface area contributed by atoms with Gasteiger partial charge in [0.05, 0.1) is 5.69 Å². The maximum absolute atomic E-state index is 6.22. The van der Waals surface area contributed by atoms with Crippen molar-refractivity contribution >= 4 is 50.0 Å². The van der Waals surface area contributed by atoms with Gasteiger partial charge in [0, 0.05) is 15.0 Å². The van der Waals surface area contributed by atoms with E-state index in [9.17, 15) is 0 Å². The molecule has 0 heterocycles. The average molecular weight is 371 g/mol. The van der Waals surface area contributed by atoms with Crippen molar-refractivity contribution in [2.24, 2.45) is 11.7 Å². The number of nitrogens with two attached hydrogens (primary N) is 2. The molecule has 1 aromatic rings. The first-order chi connectivity index (χ1) is 7.09. The molecule has 0 unspecified atom stereocenters. The van der Waals surface area contributed by atoms with Gasteiger partial charge >= 0.3 is 0 Å². The van der Waals surface area contributed by atoms with Crippen LogP contribution in [0.1, 0.15) is 30.9 Å². The summed E-state index contributed by atoms with van der Waals surface area (Å²) in [5, 5.41) is 0. The Morgan fingerprint density at radius 2 is 1.88 bits per heavy atom.